The molecule has 0 heterocycles. The van der Waals surface area contributed by atoms with Gasteiger partial charge in [0.2, 0.25) is 0 Å². The van der Waals surface area contributed by atoms with Crippen molar-refractivity contribution in [3.8, 4) is 0 Å². The second-order valence-electron chi connectivity index (χ2n) is 2.84. The largest absolute Gasteiger partial charge is 2.00 e. The molecule has 0 saturated heterocycles. The van der Waals surface area contributed by atoms with E-state index in [9.17, 15) is 24.6 Å². The summed E-state index contributed by atoms with van der Waals surface area (Å²) in [4.78, 5) is 30.2. The molecule has 15 nitrogen and oxygen atoms in total. The Morgan fingerprint density at radius 2 is 1.04 bits per heavy atom. The smallest absolute Gasteiger partial charge is 1.00 e. The second-order valence-corrected chi connectivity index (χ2v) is 3.66. The predicted octanol–water partition coefficient (Wildman–Crippen LogP) is -11.2. The maximum atomic E-state index is 10.3. The number of hydrogen-bond acceptors (Lipinski definition) is 12. The van der Waals surface area contributed by atoms with Gasteiger partial charge in [0.15, 0.2) is 5.60 Å². The number of carbonyl (C=O) groups is 3. The molecule has 0 bridgehead atoms. The third-order valence-corrected chi connectivity index (χ3v) is 1.27. The van der Waals surface area contributed by atoms with E-state index in [4.69, 9.17) is 38.3 Å². The van der Waals surface area contributed by atoms with E-state index in [1.54, 1.807) is 0 Å². The number of quaternary nitrogens is 2. The molecule has 0 saturated carbocycles. The zero-order valence-electron chi connectivity index (χ0n) is 13.5. The van der Waals surface area contributed by atoms with E-state index < -0.39 is 46.7 Å². The van der Waals surface area contributed by atoms with Gasteiger partial charge in [-0.05, 0) is 0 Å². The fourth-order valence-electron chi connectivity index (χ4n) is 0.691. The zero-order chi connectivity index (χ0) is 17.1. The van der Waals surface area contributed by atoms with Crippen LogP contribution in [0.3, 0.4) is 0 Å². The first kappa shape index (κ1) is 56.3. The fourth-order valence-corrected chi connectivity index (χ4v) is 0.691. The molecule has 0 atom stereocenters. The maximum absolute atomic E-state index is 10.3. The van der Waals surface area contributed by atoms with Crippen LogP contribution in [0.5, 0.6) is 0 Å². The maximum Gasteiger partial charge on any atom is 2.00 e. The average molecular weight is 492 g/mol. The number of halogens is 2. The van der Waals surface area contributed by atoms with E-state index in [-0.39, 0.29) is 97.9 Å². The molecule has 0 aromatic rings. The first-order chi connectivity index (χ1) is 8.78. The Kier molecular flexibility index (Phi) is 60.4. The second kappa shape index (κ2) is 27.9. The summed E-state index contributed by atoms with van der Waals surface area (Å²) in [5.74, 6) is -5.65. The van der Waals surface area contributed by atoms with Gasteiger partial charge in [-0.15, -0.1) is 0 Å². The van der Waals surface area contributed by atoms with Crippen molar-refractivity contribution in [1.29, 1.82) is 0 Å². The van der Waals surface area contributed by atoms with E-state index in [0.29, 0.717) is 0 Å². The monoisotopic (exact) mass is 490 g/mol. The third kappa shape index (κ3) is 49.7. The summed E-state index contributed by atoms with van der Waals surface area (Å²) in [5, 5.41) is 49.2. The number of carboxylic acids is 3. The molecule has 152 valence electrons. The van der Waals surface area contributed by atoms with Crippen LogP contribution in [0.15, 0.2) is 0 Å². The Bertz CT molecular complexity index is 430. The van der Waals surface area contributed by atoms with Gasteiger partial charge in [0, 0.05) is 35.2 Å². The summed E-state index contributed by atoms with van der Waals surface area (Å²) in [5.41, 5.74) is -2.86. The molecule has 26 heavy (non-hydrogen) atoms. The van der Waals surface area contributed by atoms with Gasteiger partial charge < -0.3 is 76.2 Å². The molecule has 0 amide bonds. The van der Waals surface area contributed by atoms with Crippen LogP contribution in [-0.2, 0) is 24.8 Å². The minimum Gasteiger partial charge on any atom is -1.00 e. The van der Waals surface area contributed by atoms with Crippen molar-refractivity contribution in [2.45, 2.75) is 18.4 Å². The molecular formula is C6H16CaCl2MgN2O13S. The van der Waals surface area contributed by atoms with Crippen LogP contribution in [0.1, 0.15) is 12.8 Å². The van der Waals surface area contributed by atoms with E-state index in [1.807, 2.05) is 0 Å². The van der Waals surface area contributed by atoms with E-state index >= 15 is 0 Å². The van der Waals surface area contributed by atoms with Gasteiger partial charge in [-0.2, -0.15) is 0 Å². The van der Waals surface area contributed by atoms with Crippen LogP contribution in [0, 0.1) is 0 Å². The summed E-state index contributed by atoms with van der Waals surface area (Å²) < 4.78 is 34.1. The summed E-state index contributed by atoms with van der Waals surface area (Å²) in [6, 6.07) is 0. The molecule has 0 aliphatic rings. The van der Waals surface area contributed by atoms with Crippen LogP contribution >= 0.6 is 0 Å². The summed E-state index contributed by atoms with van der Waals surface area (Å²) in [7, 11) is -5.17. The molecule has 0 unspecified atom stereocenters. The fraction of sp³-hybridized carbons (Fsp3) is 0.500. The van der Waals surface area contributed by atoms with Gasteiger partial charge in [-0.25, -0.2) is 4.79 Å². The summed E-state index contributed by atoms with van der Waals surface area (Å²) in [6.07, 6.45) is -2.59. The third-order valence-electron chi connectivity index (χ3n) is 1.27. The number of carboxylic acid groups (broad SMARTS) is 3. The number of carbonyl (C=O) groups excluding carboxylic acids is 2. The zero-order valence-corrected chi connectivity index (χ0v) is 19.4. The number of rotatable bonds is 5. The van der Waals surface area contributed by atoms with Gasteiger partial charge in [0.1, 0.15) is 0 Å². The normalized spacial score (nSPS) is 7.88. The quantitative estimate of drug-likeness (QED) is 0.0684. The van der Waals surface area contributed by atoms with E-state index in [1.165, 1.54) is 0 Å². The molecule has 0 aliphatic carbocycles. The van der Waals surface area contributed by atoms with Crippen LogP contribution in [0.4, 0.5) is 0 Å². The molecule has 12 N–H and O–H groups in total. The van der Waals surface area contributed by atoms with Gasteiger partial charge >= 0.3 is 66.8 Å². The Labute approximate surface area is 205 Å². The van der Waals surface area contributed by atoms with Crippen molar-refractivity contribution in [1.82, 2.24) is 12.3 Å². The van der Waals surface area contributed by atoms with Crippen molar-refractivity contribution in [2.75, 3.05) is 0 Å². The van der Waals surface area contributed by atoms with Gasteiger partial charge in [-0.1, -0.05) is 0 Å². The Hall–Kier alpha value is 0.686. The Balaban J connectivity index is -0.0000000281. The molecule has 0 spiro atoms. The molecule has 0 aromatic heterocycles. The molecule has 0 fully saturated rings. The summed E-state index contributed by atoms with van der Waals surface area (Å²) in [6.45, 7) is 0. The molecule has 0 radical (unpaired) electrons. The first-order valence-electron chi connectivity index (χ1n) is 4.00. The number of hydrogen-bond donors (Lipinski definition) is 6. The van der Waals surface area contributed by atoms with E-state index in [0.717, 1.165) is 0 Å². The van der Waals surface area contributed by atoms with Gasteiger partial charge in [0.05, 0.1) is 0 Å². The molecule has 0 aliphatic heterocycles. The number of aliphatic hydroxyl groups is 1. The topological polar surface area (TPSA) is 332 Å². The van der Waals surface area contributed by atoms with Crippen LogP contribution < -0.4 is 47.3 Å². The summed E-state index contributed by atoms with van der Waals surface area (Å²) >= 11 is 0. The minimum atomic E-state index is -5.17. The SMILES string of the molecule is O=C([O-])CC(O)(CC(=O)[O-])C(=O)O.O=S(=O)([O-])[O-].OO.[Ca+2].[Cl-].[Cl-].[Mg+2].[NH4+].[NH4+]. The minimum absolute atomic E-state index is 0. The number of aliphatic carboxylic acids is 3. The Morgan fingerprint density at radius 1 is 0.885 bits per heavy atom. The van der Waals surface area contributed by atoms with Crippen LogP contribution in [0.2, 0.25) is 0 Å². The molecule has 20 heteroatoms. The van der Waals surface area contributed by atoms with Gasteiger partial charge in [-0.3, -0.25) is 18.9 Å². The molecule has 0 rings (SSSR count). The predicted molar refractivity (Wildman–Crippen MR) is 71.0 cm³/mol. The van der Waals surface area contributed by atoms with Crippen molar-refractivity contribution >= 4 is 89.1 Å². The molecular weight excluding hydrogens is 475 g/mol. The first-order valence-corrected chi connectivity index (χ1v) is 5.33. The van der Waals surface area contributed by atoms with Crippen molar-refractivity contribution in [2.24, 2.45) is 0 Å². The standard InChI is InChI=1S/C6H8O7.Ca.2ClH.Mg.2H3N.H2O4S.H2O2/c7-3(8)1-6(13,5(11)12)2-4(9)10;;;;;;;1-5(2,3)4;1-2/h13H,1-2H2,(H,7,8)(H,9,10)(H,11,12);;2*1H;;2*1H3;(H2,1,2,3,4);1-2H/q;+2;;;+2;;;;/p-4. The van der Waals surface area contributed by atoms with Crippen molar-refractivity contribution < 1.29 is 87.7 Å². The van der Waals surface area contributed by atoms with Crippen molar-refractivity contribution in [3.05, 3.63) is 0 Å². The average Bonchev–Trinajstić information content (AvgIpc) is 2.14. The Morgan fingerprint density at radius 3 is 1.12 bits per heavy atom. The molecule has 0 aromatic carbocycles. The van der Waals surface area contributed by atoms with E-state index in [2.05, 4.69) is 0 Å². The van der Waals surface area contributed by atoms with Gasteiger partial charge in [0.25, 0.3) is 0 Å². The van der Waals surface area contributed by atoms with Crippen molar-refractivity contribution in [3.63, 3.8) is 0 Å². The van der Waals surface area contributed by atoms with Crippen LogP contribution in [-0.4, -0.2) is 123 Å². The van der Waals surface area contributed by atoms with Crippen LogP contribution in [0.25, 0.3) is 0 Å².